The molecule has 1 aliphatic heterocycles. The van der Waals surface area contributed by atoms with E-state index in [9.17, 15) is 18.9 Å². The molecule has 0 aliphatic carbocycles. The summed E-state index contributed by atoms with van der Waals surface area (Å²) in [7, 11) is -1.81. The second-order valence-corrected chi connectivity index (χ2v) is 10.9. The predicted octanol–water partition coefficient (Wildman–Crippen LogP) is 3.03. The van der Waals surface area contributed by atoms with Gasteiger partial charge in [0.05, 0.1) is 25.9 Å². The number of H-pyrrole nitrogens is 1. The number of hydrogen-bond acceptors (Lipinski definition) is 10. The van der Waals surface area contributed by atoms with Crippen molar-refractivity contribution in [2.45, 2.75) is 50.7 Å². The van der Waals surface area contributed by atoms with Crippen LogP contribution in [0.15, 0.2) is 70.4 Å². The van der Waals surface area contributed by atoms with E-state index in [1.165, 1.54) is 25.0 Å². The lowest BCUT2D eigenvalue weighted by Gasteiger charge is -2.29. The first-order valence-corrected chi connectivity index (χ1v) is 15.0. The summed E-state index contributed by atoms with van der Waals surface area (Å²) in [6, 6.07) is 18.1. The minimum Gasteiger partial charge on any atom is -0.352 e. The highest BCUT2D eigenvalue weighted by atomic mass is 31.2. The number of phosphoric acid groups is 1. The van der Waals surface area contributed by atoms with E-state index in [0.29, 0.717) is 42.4 Å². The lowest BCUT2D eigenvalue weighted by atomic mass is 9.94. The van der Waals surface area contributed by atoms with Gasteiger partial charge in [0.1, 0.15) is 6.23 Å². The van der Waals surface area contributed by atoms with Crippen molar-refractivity contribution in [1.29, 1.82) is 5.26 Å². The van der Waals surface area contributed by atoms with Crippen LogP contribution in [-0.4, -0.2) is 52.1 Å². The van der Waals surface area contributed by atoms with Gasteiger partial charge in [-0.25, -0.2) is 14.2 Å². The second-order valence-electron chi connectivity index (χ2n) is 9.68. The number of nitriles is 1. The molecular weight excluding hydrogens is 597 g/mol. The van der Waals surface area contributed by atoms with Gasteiger partial charge in [-0.05, 0) is 37.8 Å². The largest absolute Gasteiger partial charge is 0.469 e. The SMILES string of the molecule is COOC(OC)(C(=O)c1cccc(CCC#N)c1)c1ccccc1.Cc1cn([C@H]2CC[C@@H](COP(=O)(O)O)O2)c(=O)[nH]c1=O. The molecule has 4 rings (SSSR count). The third-order valence-electron chi connectivity index (χ3n) is 6.63. The Morgan fingerprint density at radius 1 is 1.16 bits per heavy atom. The quantitative estimate of drug-likeness (QED) is 0.0869. The molecule has 44 heavy (non-hydrogen) atoms. The minimum atomic E-state index is -4.53. The maximum atomic E-state index is 13.1. The Morgan fingerprint density at radius 2 is 1.89 bits per heavy atom. The minimum absolute atomic E-state index is 0.252. The van der Waals surface area contributed by atoms with Crippen LogP contribution in [0.3, 0.4) is 0 Å². The van der Waals surface area contributed by atoms with Crippen molar-refractivity contribution in [3.63, 3.8) is 0 Å². The average molecular weight is 632 g/mol. The topological polar surface area (TPSA) is 199 Å². The van der Waals surface area contributed by atoms with E-state index in [4.69, 9.17) is 34.3 Å². The molecule has 2 aromatic carbocycles. The number of hydrogen-bond donors (Lipinski definition) is 3. The molecule has 0 amide bonds. The summed E-state index contributed by atoms with van der Waals surface area (Å²) in [5.74, 6) is -2.07. The van der Waals surface area contributed by atoms with Crippen LogP contribution in [0.5, 0.6) is 0 Å². The van der Waals surface area contributed by atoms with E-state index in [2.05, 4.69) is 15.6 Å². The van der Waals surface area contributed by atoms with E-state index < -0.39 is 37.2 Å². The van der Waals surface area contributed by atoms with Gasteiger partial charge in [0.15, 0.2) is 0 Å². The fraction of sp³-hybridized carbons (Fsp3) is 0.379. The summed E-state index contributed by atoms with van der Waals surface area (Å²) in [5, 5.41) is 8.72. The molecular formula is C29H34N3O11P. The Kier molecular flexibility index (Phi) is 12.5. The molecule has 236 valence electrons. The van der Waals surface area contributed by atoms with E-state index in [0.717, 1.165) is 5.56 Å². The molecule has 1 unspecified atom stereocenters. The number of methoxy groups -OCH3 is 1. The van der Waals surface area contributed by atoms with Gasteiger partial charge in [0, 0.05) is 36.4 Å². The Balaban J connectivity index is 0.000000244. The number of carbonyl (C=O) groups excluding carboxylic acids is 1. The molecule has 15 heteroatoms. The zero-order valence-corrected chi connectivity index (χ0v) is 25.3. The van der Waals surface area contributed by atoms with Crippen molar-refractivity contribution in [1.82, 2.24) is 9.55 Å². The first kappa shape index (κ1) is 34.7. The van der Waals surface area contributed by atoms with Crippen LogP contribution >= 0.6 is 7.82 Å². The third-order valence-corrected chi connectivity index (χ3v) is 7.11. The molecule has 0 spiro atoms. The zero-order valence-electron chi connectivity index (χ0n) is 24.4. The zero-order chi connectivity index (χ0) is 32.3. The summed E-state index contributed by atoms with van der Waals surface area (Å²) in [4.78, 5) is 65.5. The molecule has 14 nitrogen and oxygen atoms in total. The highest BCUT2D eigenvalue weighted by molar-refractivity contribution is 7.46. The highest BCUT2D eigenvalue weighted by Gasteiger charge is 2.44. The van der Waals surface area contributed by atoms with Crippen molar-refractivity contribution in [3.05, 3.63) is 104 Å². The molecule has 3 aromatic rings. The van der Waals surface area contributed by atoms with E-state index in [1.807, 2.05) is 12.1 Å². The van der Waals surface area contributed by atoms with Crippen LogP contribution < -0.4 is 11.2 Å². The number of aryl methyl sites for hydroxylation is 2. The maximum Gasteiger partial charge on any atom is 0.469 e. The number of rotatable bonds is 12. The molecule has 3 N–H and O–H groups in total. The highest BCUT2D eigenvalue weighted by Crippen LogP contribution is 2.38. The first-order chi connectivity index (χ1) is 20.9. The molecule has 2 heterocycles. The van der Waals surface area contributed by atoms with Gasteiger partial charge in [-0.15, -0.1) is 0 Å². The molecule has 0 saturated carbocycles. The number of aromatic amines is 1. The van der Waals surface area contributed by atoms with E-state index >= 15 is 0 Å². The first-order valence-electron chi connectivity index (χ1n) is 13.4. The number of phosphoric ester groups is 1. The molecule has 0 bridgehead atoms. The molecule has 3 atom stereocenters. The lowest BCUT2D eigenvalue weighted by molar-refractivity contribution is -0.397. The average Bonchev–Trinajstić information content (AvgIpc) is 3.49. The van der Waals surface area contributed by atoms with Gasteiger partial charge in [0.2, 0.25) is 5.78 Å². The van der Waals surface area contributed by atoms with Gasteiger partial charge >= 0.3 is 13.5 Å². The summed E-state index contributed by atoms with van der Waals surface area (Å²) in [5.41, 5.74) is 1.20. The van der Waals surface area contributed by atoms with Gasteiger partial charge in [0.25, 0.3) is 11.3 Å². The van der Waals surface area contributed by atoms with Crippen molar-refractivity contribution in [2.75, 3.05) is 20.8 Å². The predicted molar refractivity (Wildman–Crippen MR) is 155 cm³/mol. The maximum absolute atomic E-state index is 13.1. The summed E-state index contributed by atoms with van der Waals surface area (Å²) < 4.78 is 27.2. The third kappa shape index (κ3) is 9.12. The van der Waals surface area contributed by atoms with Crippen LogP contribution in [0.25, 0.3) is 0 Å². The second kappa shape index (κ2) is 15.8. The Hall–Kier alpha value is -3.77. The number of benzene rings is 2. The molecule has 1 saturated heterocycles. The number of ether oxygens (including phenoxy) is 2. The summed E-state index contributed by atoms with van der Waals surface area (Å²) >= 11 is 0. The smallest absolute Gasteiger partial charge is 0.352 e. The van der Waals surface area contributed by atoms with Gasteiger partial charge in [-0.2, -0.15) is 10.1 Å². The molecule has 1 fully saturated rings. The van der Waals surface area contributed by atoms with Crippen molar-refractivity contribution in [3.8, 4) is 6.07 Å². The van der Waals surface area contributed by atoms with Gasteiger partial charge < -0.3 is 19.3 Å². The number of carbonyl (C=O) groups is 1. The number of ketones is 1. The standard InChI is InChI=1S/C19H19NO4.C10H15N2O7P/c1-22-19(24-23-2,17-11-4-3-5-12-17)18(21)16-10-6-8-15(14-16)9-7-13-20;1-6-4-12(10(14)11-9(6)13)8-3-2-7(19-8)5-18-20(15,16)17/h3-6,8,10-12,14H,7,9H2,1-2H3;4,7-8H,2-3,5H2,1H3,(H,11,13,14)(H2,15,16,17)/t;7-,8+/m.0/s1. The fourth-order valence-electron chi connectivity index (χ4n) is 4.49. The van der Waals surface area contributed by atoms with Crippen molar-refractivity contribution in [2.24, 2.45) is 0 Å². The Bertz CT molecular complexity index is 1610. The molecule has 0 radical (unpaired) electrons. The normalized spacial score (nSPS) is 17.6. The number of nitrogens with zero attached hydrogens (tertiary/aromatic N) is 2. The number of Topliss-reactive ketones (excluding diaryl/α,β-unsaturated/α-hetero) is 1. The van der Waals surface area contributed by atoms with Gasteiger partial charge in [-0.3, -0.25) is 23.7 Å². The monoisotopic (exact) mass is 631 g/mol. The summed E-state index contributed by atoms with van der Waals surface area (Å²) in [6.07, 6.45) is 2.26. The van der Waals surface area contributed by atoms with Crippen LogP contribution in [0.4, 0.5) is 0 Å². The van der Waals surface area contributed by atoms with E-state index in [1.54, 1.807) is 49.4 Å². The van der Waals surface area contributed by atoms with Crippen LogP contribution in [0.1, 0.15) is 52.5 Å². The van der Waals surface area contributed by atoms with Crippen molar-refractivity contribution < 1.29 is 42.9 Å². The van der Waals surface area contributed by atoms with Gasteiger partial charge in [-0.1, -0.05) is 48.5 Å². The molecule has 1 aliphatic rings. The Morgan fingerprint density at radius 3 is 2.52 bits per heavy atom. The lowest BCUT2D eigenvalue weighted by Crippen LogP contribution is -2.40. The summed E-state index contributed by atoms with van der Waals surface area (Å²) in [6.45, 7) is 1.32. The molecule has 1 aromatic heterocycles. The number of aromatic nitrogens is 2. The van der Waals surface area contributed by atoms with Crippen molar-refractivity contribution >= 4 is 13.6 Å². The van der Waals surface area contributed by atoms with E-state index in [-0.39, 0.29) is 12.4 Å². The Labute approximate surface area is 252 Å². The number of nitrogens with one attached hydrogen (secondary N) is 1. The van der Waals surface area contributed by atoms with Crippen LogP contribution in [0, 0.1) is 18.3 Å². The van der Waals surface area contributed by atoms with Crippen LogP contribution in [0.2, 0.25) is 0 Å². The van der Waals surface area contributed by atoms with Crippen LogP contribution in [-0.2, 0) is 40.5 Å². The fourth-order valence-corrected chi connectivity index (χ4v) is 4.85.